The molecule has 0 aromatic carbocycles. The summed E-state index contributed by atoms with van der Waals surface area (Å²) in [7, 11) is 0. The van der Waals surface area contributed by atoms with Gasteiger partial charge in [0, 0.05) is 26.2 Å². The third-order valence-electron chi connectivity index (χ3n) is 2.20. The van der Waals surface area contributed by atoms with Crippen LogP contribution in [0.4, 0.5) is 0 Å². The summed E-state index contributed by atoms with van der Waals surface area (Å²) in [6.45, 7) is 2.47. The van der Waals surface area contributed by atoms with E-state index < -0.39 is 0 Å². The number of hydrogen-bond donors (Lipinski definition) is 0. The van der Waals surface area contributed by atoms with Gasteiger partial charge in [-0.15, -0.1) is 0 Å². The molecule has 74 valence electrons. The van der Waals surface area contributed by atoms with Gasteiger partial charge in [0.1, 0.15) is 0 Å². The molecule has 0 aromatic heterocycles. The van der Waals surface area contributed by atoms with Crippen molar-refractivity contribution in [2.45, 2.75) is 38.2 Å². The number of rotatable bonds is 5. The Bertz CT molecular complexity index is 159. The molecule has 0 aliphatic carbocycles. The van der Waals surface area contributed by atoms with Crippen molar-refractivity contribution in [3.8, 4) is 6.07 Å². The second-order valence-electron chi connectivity index (χ2n) is 3.30. The molecule has 3 heteroatoms. The van der Waals surface area contributed by atoms with E-state index in [1.165, 1.54) is 0 Å². The zero-order valence-corrected chi connectivity index (χ0v) is 8.00. The Labute approximate surface area is 79.6 Å². The molecule has 3 nitrogen and oxygen atoms in total. The lowest BCUT2D eigenvalue weighted by molar-refractivity contribution is -0.0325. The average Bonchev–Trinajstić information content (AvgIpc) is 2.19. The van der Waals surface area contributed by atoms with E-state index in [0.717, 1.165) is 45.5 Å². The lowest BCUT2D eigenvalue weighted by Crippen LogP contribution is -2.23. The van der Waals surface area contributed by atoms with Gasteiger partial charge in [-0.05, 0) is 25.7 Å². The smallest absolute Gasteiger partial charge is 0.0621 e. The maximum Gasteiger partial charge on any atom is 0.0621 e. The van der Waals surface area contributed by atoms with Crippen LogP contribution in [0.15, 0.2) is 0 Å². The van der Waals surface area contributed by atoms with Crippen molar-refractivity contribution in [3.05, 3.63) is 0 Å². The summed E-state index contributed by atoms with van der Waals surface area (Å²) >= 11 is 0. The highest BCUT2D eigenvalue weighted by atomic mass is 16.5. The van der Waals surface area contributed by atoms with E-state index in [0.29, 0.717) is 12.5 Å². The molecular formula is C10H17NO2. The summed E-state index contributed by atoms with van der Waals surface area (Å²) < 4.78 is 10.9. The summed E-state index contributed by atoms with van der Waals surface area (Å²) in [5.41, 5.74) is 0. The van der Waals surface area contributed by atoms with Crippen LogP contribution in [0, 0.1) is 11.3 Å². The maximum absolute atomic E-state index is 8.31. The number of ether oxygens (including phenoxy) is 2. The van der Waals surface area contributed by atoms with Crippen LogP contribution in [0.3, 0.4) is 0 Å². The molecule has 0 saturated carbocycles. The van der Waals surface area contributed by atoms with E-state index in [1.54, 1.807) is 0 Å². The minimum absolute atomic E-state index is 0.399. The number of unbranched alkanes of at least 4 members (excludes halogenated alkanes) is 2. The van der Waals surface area contributed by atoms with Gasteiger partial charge in [-0.1, -0.05) is 0 Å². The fourth-order valence-corrected chi connectivity index (χ4v) is 1.40. The maximum atomic E-state index is 8.31. The topological polar surface area (TPSA) is 42.2 Å². The third kappa shape index (κ3) is 4.87. The first-order chi connectivity index (χ1) is 6.43. The molecule has 0 bridgehead atoms. The third-order valence-corrected chi connectivity index (χ3v) is 2.20. The first kappa shape index (κ1) is 10.5. The molecule has 0 unspecified atom stereocenters. The highest BCUT2D eigenvalue weighted by molar-refractivity contribution is 4.68. The van der Waals surface area contributed by atoms with Gasteiger partial charge in [-0.3, -0.25) is 0 Å². The van der Waals surface area contributed by atoms with Gasteiger partial charge in [0.05, 0.1) is 12.2 Å². The SMILES string of the molecule is N#CCCCCOC1CCOCC1. The molecule has 0 radical (unpaired) electrons. The highest BCUT2D eigenvalue weighted by Crippen LogP contribution is 2.11. The van der Waals surface area contributed by atoms with E-state index >= 15 is 0 Å². The Morgan fingerprint density at radius 1 is 1.31 bits per heavy atom. The van der Waals surface area contributed by atoms with Crippen LogP contribution < -0.4 is 0 Å². The normalized spacial score (nSPS) is 18.4. The van der Waals surface area contributed by atoms with E-state index in [4.69, 9.17) is 14.7 Å². The van der Waals surface area contributed by atoms with Gasteiger partial charge in [-0.25, -0.2) is 0 Å². The van der Waals surface area contributed by atoms with Gasteiger partial charge in [0.15, 0.2) is 0 Å². The molecule has 0 spiro atoms. The van der Waals surface area contributed by atoms with E-state index in [9.17, 15) is 0 Å². The van der Waals surface area contributed by atoms with Gasteiger partial charge < -0.3 is 9.47 Å². The van der Waals surface area contributed by atoms with Crippen LogP contribution in [-0.4, -0.2) is 25.9 Å². The Balaban J connectivity index is 1.90. The van der Waals surface area contributed by atoms with Crippen molar-refractivity contribution in [1.29, 1.82) is 5.26 Å². The fraction of sp³-hybridized carbons (Fsp3) is 0.900. The van der Waals surface area contributed by atoms with Crippen molar-refractivity contribution in [2.24, 2.45) is 0 Å². The van der Waals surface area contributed by atoms with Crippen LogP contribution in [-0.2, 0) is 9.47 Å². The molecule has 1 aliphatic rings. The molecule has 0 amide bonds. The minimum Gasteiger partial charge on any atom is -0.381 e. The number of nitriles is 1. The van der Waals surface area contributed by atoms with Crippen LogP contribution >= 0.6 is 0 Å². The lowest BCUT2D eigenvalue weighted by Gasteiger charge is -2.22. The van der Waals surface area contributed by atoms with E-state index in [1.807, 2.05) is 0 Å². The Kier molecular flexibility index (Phi) is 5.55. The predicted octanol–water partition coefficient (Wildman–Crippen LogP) is 1.88. The summed E-state index contributed by atoms with van der Waals surface area (Å²) in [4.78, 5) is 0. The summed E-state index contributed by atoms with van der Waals surface area (Å²) in [5.74, 6) is 0. The van der Waals surface area contributed by atoms with E-state index in [2.05, 4.69) is 6.07 Å². The molecular weight excluding hydrogens is 166 g/mol. The average molecular weight is 183 g/mol. The second-order valence-corrected chi connectivity index (χ2v) is 3.30. The molecule has 1 rings (SSSR count). The van der Waals surface area contributed by atoms with Crippen molar-refractivity contribution < 1.29 is 9.47 Å². The summed E-state index contributed by atoms with van der Waals surface area (Å²) in [6, 6.07) is 2.13. The monoisotopic (exact) mass is 183 g/mol. The van der Waals surface area contributed by atoms with Gasteiger partial charge in [-0.2, -0.15) is 5.26 Å². The van der Waals surface area contributed by atoms with Gasteiger partial charge >= 0.3 is 0 Å². The zero-order valence-electron chi connectivity index (χ0n) is 8.00. The number of hydrogen-bond acceptors (Lipinski definition) is 3. The van der Waals surface area contributed by atoms with Crippen LogP contribution in [0.1, 0.15) is 32.1 Å². The predicted molar refractivity (Wildman–Crippen MR) is 49.3 cm³/mol. The zero-order chi connectivity index (χ0) is 9.36. The van der Waals surface area contributed by atoms with Gasteiger partial charge in [0.2, 0.25) is 0 Å². The van der Waals surface area contributed by atoms with Crippen molar-refractivity contribution in [2.75, 3.05) is 19.8 Å². The Hall–Kier alpha value is -0.590. The van der Waals surface area contributed by atoms with Crippen molar-refractivity contribution in [3.63, 3.8) is 0 Å². The lowest BCUT2D eigenvalue weighted by atomic mass is 10.1. The van der Waals surface area contributed by atoms with Crippen LogP contribution in [0.2, 0.25) is 0 Å². The Morgan fingerprint density at radius 3 is 2.77 bits per heavy atom. The van der Waals surface area contributed by atoms with Crippen LogP contribution in [0.5, 0.6) is 0 Å². The Morgan fingerprint density at radius 2 is 2.08 bits per heavy atom. The molecule has 13 heavy (non-hydrogen) atoms. The first-order valence-electron chi connectivity index (χ1n) is 5.00. The second kappa shape index (κ2) is 6.88. The first-order valence-corrected chi connectivity index (χ1v) is 5.00. The standard InChI is InChI=1S/C10H17NO2/c11-6-2-1-3-7-13-10-4-8-12-9-5-10/h10H,1-5,7-9H2. The molecule has 1 aliphatic heterocycles. The molecule has 1 saturated heterocycles. The highest BCUT2D eigenvalue weighted by Gasteiger charge is 2.13. The molecule has 0 atom stereocenters. The fourth-order valence-electron chi connectivity index (χ4n) is 1.40. The quantitative estimate of drug-likeness (QED) is 0.611. The minimum atomic E-state index is 0.399. The largest absolute Gasteiger partial charge is 0.381 e. The van der Waals surface area contributed by atoms with Crippen LogP contribution in [0.25, 0.3) is 0 Å². The molecule has 1 heterocycles. The van der Waals surface area contributed by atoms with E-state index in [-0.39, 0.29) is 0 Å². The molecule has 1 fully saturated rings. The summed E-state index contributed by atoms with van der Waals surface area (Å²) in [6.07, 6.45) is 5.06. The molecule has 0 aromatic rings. The van der Waals surface area contributed by atoms with Gasteiger partial charge in [0.25, 0.3) is 0 Å². The summed E-state index contributed by atoms with van der Waals surface area (Å²) in [5, 5.41) is 8.31. The number of nitrogens with zero attached hydrogens (tertiary/aromatic N) is 1. The molecule has 0 N–H and O–H groups in total. The van der Waals surface area contributed by atoms with Crippen molar-refractivity contribution in [1.82, 2.24) is 0 Å². The van der Waals surface area contributed by atoms with Crippen molar-refractivity contribution >= 4 is 0 Å².